The van der Waals surface area contributed by atoms with Gasteiger partial charge in [0.25, 0.3) is 0 Å². The molecule has 0 spiro atoms. The van der Waals surface area contributed by atoms with E-state index in [-0.39, 0.29) is 32.1 Å². The van der Waals surface area contributed by atoms with Gasteiger partial charge in [-0.15, -0.1) is 0 Å². The lowest BCUT2D eigenvalue weighted by Crippen LogP contribution is -2.25. The lowest BCUT2D eigenvalue weighted by atomic mass is 10.0. The monoisotopic (exact) mass is 565 g/mol. The molecule has 0 aliphatic rings. The van der Waals surface area contributed by atoms with Crippen molar-refractivity contribution in [3.8, 4) is 0 Å². The highest BCUT2D eigenvalue weighted by Gasteiger charge is 2.23. The zero-order chi connectivity index (χ0) is 28.3. The van der Waals surface area contributed by atoms with Gasteiger partial charge in [-0.2, -0.15) is 0 Å². The van der Waals surface area contributed by atoms with Gasteiger partial charge in [-0.25, -0.2) is 4.57 Å². The van der Waals surface area contributed by atoms with Crippen LogP contribution in [0.5, 0.6) is 0 Å². The van der Waals surface area contributed by atoms with E-state index in [2.05, 4.69) is 21.3 Å². The number of hydrogen-bond acceptors (Lipinski definition) is 7. The fraction of sp³-hybridized carbons (Fsp3) is 0.929. The molecule has 9 nitrogen and oxygen atoms in total. The van der Waals surface area contributed by atoms with Crippen LogP contribution in [-0.2, 0) is 27.9 Å². The van der Waals surface area contributed by atoms with Crippen molar-refractivity contribution < 1.29 is 37.9 Å². The Kier molecular flexibility index (Phi) is 25.6. The van der Waals surface area contributed by atoms with Gasteiger partial charge in [-0.05, 0) is 6.42 Å². The van der Waals surface area contributed by atoms with Gasteiger partial charge >= 0.3 is 13.8 Å². The smallest absolute Gasteiger partial charge is 0.463 e. The van der Waals surface area contributed by atoms with Crippen molar-refractivity contribution in [1.29, 1.82) is 0 Å². The van der Waals surface area contributed by atoms with Crippen LogP contribution in [0.3, 0.4) is 0 Å². The number of ether oxygens (including phenoxy) is 1. The normalized spacial score (nSPS) is 13.7. The molecular formula is C28H56NO8P. The number of carbonyl (C=O) groups is 2. The summed E-state index contributed by atoms with van der Waals surface area (Å²) in [5.74, 6) is -0.691. The molecule has 0 heterocycles. The Labute approximate surface area is 231 Å². The number of carbonyl (C=O) groups excluding carboxylic acids is 2. The van der Waals surface area contributed by atoms with E-state index < -0.39 is 26.5 Å². The summed E-state index contributed by atoms with van der Waals surface area (Å²) in [6.07, 6.45) is 22.2. The molecule has 0 aromatic heterocycles. The van der Waals surface area contributed by atoms with Crippen molar-refractivity contribution in [2.45, 2.75) is 142 Å². The first-order valence-corrected chi connectivity index (χ1v) is 16.5. The van der Waals surface area contributed by atoms with Crippen LogP contribution in [0, 0.1) is 0 Å². The Morgan fingerprint density at radius 1 is 0.737 bits per heavy atom. The average Bonchev–Trinajstić information content (AvgIpc) is 2.88. The summed E-state index contributed by atoms with van der Waals surface area (Å²) in [5.41, 5.74) is 0. The molecular weight excluding hydrogens is 509 g/mol. The molecule has 3 N–H and O–H groups in total. The summed E-state index contributed by atoms with van der Waals surface area (Å²) in [5, 5.41) is 12.2. The summed E-state index contributed by atoms with van der Waals surface area (Å²) >= 11 is 0. The molecule has 10 heteroatoms. The van der Waals surface area contributed by atoms with Crippen molar-refractivity contribution in [3.63, 3.8) is 0 Å². The molecule has 0 rings (SSSR count). The standard InChI is InChI=1S/C28H56NO8P/c1-3-4-5-6-7-8-9-10-11-12-13-14-15-16-17-18-19-20-21-28(32)35-24-27(31)25-37-38(33,34)36-23-22-29-26(2)30/h27,31H,3-25H2,1-2H3,(H,29,30)(H,33,34). The fourth-order valence-corrected chi connectivity index (χ4v) is 4.84. The lowest BCUT2D eigenvalue weighted by Gasteiger charge is -2.15. The highest BCUT2D eigenvalue weighted by atomic mass is 31.2. The number of nitrogens with one attached hydrogen (secondary N) is 1. The van der Waals surface area contributed by atoms with Crippen LogP contribution in [0.25, 0.3) is 0 Å². The van der Waals surface area contributed by atoms with Crippen molar-refractivity contribution >= 4 is 19.7 Å². The molecule has 0 radical (unpaired) electrons. The Hall–Kier alpha value is -0.990. The summed E-state index contributed by atoms with van der Waals surface area (Å²) in [6, 6.07) is 0. The van der Waals surface area contributed by atoms with Crippen LogP contribution < -0.4 is 5.32 Å². The molecule has 38 heavy (non-hydrogen) atoms. The lowest BCUT2D eigenvalue weighted by molar-refractivity contribution is -0.147. The molecule has 0 aromatic carbocycles. The average molecular weight is 566 g/mol. The predicted octanol–water partition coefficient (Wildman–Crippen LogP) is 6.59. The van der Waals surface area contributed by atoms with Crippen molar-refractivity contribution in [1.82, 2.24) is 5.32 Å². The van der Waals surface area contributed by atoms with Crippen LogP contribution in [0.1, 0.15) is 136 Å². The van der Waals surface area contributed by atoms with Crippen LogP contribution in [0.15, 0.2) is 0 Å². The Morgan fingerprint density at radius 3 is 1.63 bits per heavy atom. The summed E-state index contributed by atoms with van der Waals surface area (Å²) in [6.45, 7) is 2.60. The molecule has 0 bridgehead atoms. The molecule has 0 aliphatic heterocycles. The van der Waals surface area contributed by atoms with E-state index in [0.29, 0.717) is 0 Å². The van der Waals surface area contributed by atoms with Gasteiger partial charge in [-0.1, -0.05) is 116 Å². The van der Waals surface area contributed by atoms with Gasteiger partial charge in [0.1, 0.15) is 12.7 Å². The number of rotatable bonds is 28. The molecule has 0 saturated heterocycles. The zero-order valence-corrected chi connectivity index (χ0v) is 25.0. The first kappa shape index (κ1) is 37.0. The summed E-state index contributed by atoms with van der Waals surface area (Å²) in [7, 11) is -4.35. The fourth-order valence-electron chi connectivity index (χ4n) is 4.09. The second kappa shape index (κ2) is 26.2. The van der Waals surface area contributed by atoms with Gasteiger partial charge in [0.05, 0.1) is 13.2 Å². The first-order chi connectivity index (χ1) is 18.3. The second-order valence-corrected chi connectivity index (χ2v) is 11.6. The minimum Gasteiger partial charge on any atom is -0.463 e. The molecule has 0 aromatic rings. The van der Waals surface area contributed by atoms with E-state index in [4.69, 9.17) is 4.74 Å². The largest absolute Gasteiger partial charge is 0.472 e. The van der Waals surface area contributed by atoms with Gasteiger partial charge in [0.15, 0.2) is 0 Å². The van der Waals surface area contributed by atoms with E-state index >= 15 is 0 Å². The van der Waals surface area contributed by atoms with Crippen LogP contribution in [-0.4, -0.2) is 54.3 Å². The first-order valence-electron chi connectivity index (χ1n) is 15.0. The summed E-state index contributed by atoms with van der Waals surface area (Å²) < 4.78 is 26.0. The number of unbranched alkanes of at least 4 members (excludes halogenated alkanes) is 17. The van der Waals surface area contributed by atoms with Crippen molar-refractivity contribution in [3.05, 3.63) is 0 Å². The molecule has 1 amide bonds. The highest BCUT2D eigenvalue weighted by molar-refractivity contribution is 7.47. The van der Waals surface area contributed by atoms with Crippen LogP contribution >= 0.6 is 7.82 Å². The molecule has 2 atom stereocenters. The number of phosphoric ester groups is 1. The zero-order valence-electron chi connectivity index (χ0n) is 24.1. The minimum absolute atomic E-state index is 0.0584. The Bertz CT molecular complexity index is 620. The molecule has 0 saturated carbocycles. The maximum atomic E-state index is 11.8. The predicted molar refractivity (Wildman–Crippen MR) is 151 cm³/mol. The van der Waals surface area contributed by atoms with Crippen LogP contribution in [0.2, 0.25) is 0 Å². The molecule has 226 valence electrons. The van der Waals surface area contributed by atoms with Crippen molar-refractivity contribution in [2.75, 3.05) is 26.4 Å². The minimum atomic E-state index is -4.35. The number of aliphatic hydroxyl groups excluding tert-OH is 1. The second-order valence-electron chi connectivity index (χ2n) is 10.2. The Morgan fingerprint density at radius 2 is 1.18 bits per heavy atom. The van der Waals surface area contributed by atoms with E-state index in [0.717, 1.165) is 19.3 Å². The number of hydrogen-bond donors (Lipinski definition) is 3. The summed E-state index contributed by atoms with van der Waals surface area (Å²) in [4.78, 5) is 32.0. The maximum absolute atomic E-state index is 11.8. The molecule has 2 unspecified atom stereocenters. The molecule has 0 aliphatic carbocycles. The van der Waals surface area contributed by atoms with Gasteiger partial charge in [-0.3, -0.25) is 18.6 Å². The number of aliphatic hydroxyl groups is 1. The van der Waals surface area contributed by atoms with E-state index in [9.17, 15) is 24.2 Å². The van der Waals surface area contributed by atoms with Crippen LogP contribution in [0.4, 0.5) is 0 Å². The number of amides is 1. The highest BCUT2D eigenvalue weighted by Crippen LogP contribution is 2.42. The van der Waals surface area contributed by atoms with Gasteiger partial charge < -0.3 is 20.1 Å². The number of phosphoric acid groups is 1. The third-order valence-corrected chi connectivity index (χ3v) is 7.32. The third kappa shape index (κ3) is 28.0. The topological polar surface area (TPSA) is 131 Å². The quantitative estimate of drug-likeness (QED) is 0.0550. The van der Waals surface area contributed by atoms with Gasteiger partial charge in [0, 0.05) is 19.9 Å². The third-order valence-electron chi connectivity index (χ3n) is 6.33. The van der Waals surface area contributed by atoms with E-state index in [1.807, 2.05) is 0 Å². The van der Waals surface area contributed by atoms with Crippen molar-refractivity contribution in [2.24, 2.45) is 0 Å². The van der Waals surface area contributed by atoms with E-state index in [1.165, 1.54) is 103 Å². The SMILES string of the molecule is CCCCCCCCCCCCCCCCCCCCC(=O)OCC(O)COP(=O)(O)OCCNC(C)=O. The van der Waals surface area contributed by atoms with Gasteiger partial charge in [0.2, 0.25) is 5.91 Å². The molecule has 0 fully saturated rings. The Balaban J connectivity index is 3.44. The van der Waals surface area contributed by atoms with E-state index in [1.54, 1.807) is 0 Å². The maximum Gasteiger partial charge on any atom is 0.472 e. The number of esters is 1.